The first kappa shape index (κ1) is 16.4. The van der Waals surface area contributed by atoms with Gasteiger partial charge in [-0.25, -0.2) is 8.42 Å². The monoisotopic (exact) mass is 291 g/mol. The largest absolute Gasteiger partial charge is 0.459 e. The summed E-state index contributed by atoms with van der Waals surface area (Å²) in [6, 6.07) is -0.0302. The third-order valence-corrected chi connectivity index (χ3v) is 4.39. The van der Waals surface area contributed by atoms with Crippen LogP contribution in [-0.2, 0) is 19.4 Å². The summed E-state index contributed by atoms with van der Waals surface area (Å²) in [4.78, 5) is 11.6. The maximum absolute atomic E-state index is 12.0. The number of rotatable bonds is 7. The van der Waals surface area contributed by atoms with E-state index in [1.54, 1.807) is 20.8 Å². The summed E-state index contributed by atoms with van der Waals surface area (Å²) in [7, 11) is -3.42. The lowest BCUT2D eigenvalue weighted by Crippen LogP contribution is -2.39. The van der Waals surface area contributed by atoms with Gasteiger partial charge in [-0.2, -0.15) is 0 Å². The first-order chi connectivity index (χ1) is 8.63. The van der Waals surface area contributed by atoms with E-state index in [0.29, 0.717) is 5.92 Å². The van der Waals surface area contributed by atoms with Crippen LogP contribution >= 0.6 is 0 Å². The van der Waals surface area contributed by atoms with Crippen molar-refractivity contribution in [1.29, 1.82) is 0 Å². The molecule has 0 radical (unpaired) electrons. The third-order valence-electron chi connectivity index (χ3n) is 2.85. The standard InChI is InChI=1S/C13H25NO4S/c1-5-14-11(10-6-7-10)8-19(16,17)9-12(15)18-13(2,3)4/h10-11,14H,5-9H2,1-4H3. The molecule has 0 heterocycles. The van der Waals surface area contributed by atoms with Crippen LogP contribution < -0.4 is 5.32 Å². The number of hydrogen-bond donors (Lipinski definition) is 1. The molecule has 1 unspecified atom stereocenters. The Morgan fingerprint density at radius 2 is 1.95 bits per heavy atom. The molecule has 0 aromatic rings. The predicted molar refractivity (Wildman–Crippen MR) is 74.7 cm³/mol. The zero-order valence-electron chi connectivity index (χ0n) is 12.2. The average Bonchev–Trinajstić information content (AvgIpc) is 2.94. The Labute approximate surface area is 116 Å². The summed E-state index contributed by atoms with van der Waals surface area (Å²) >= 11 is 0. The highest BCUT2D eigenvalue weighted by atomic mass is 32.2. The average molecular weight is 291 g/mol. The highest BCUT2D eigenvalue weighted by Gasteiger charge is 2.35. The summed E-state index contributed by atoms with van der Waals surface area (Å²) in [5, 5.41) is 3.19. The molecule has 0 bridgehead atoms. The second-order valence-corrected chi connectivity index (χ2v) is 8.25. The van der Waals surface area contributed by atoms with Crippen LogP contribution in [0.1, 0.15) is 40.5 Å². The lowest BCUT2D eigenvalue weighted by Gasteiger charge is -2.20. The van der Waals surface area contributed by atoms with Gasteiger partial charge in [-0.15, -0.1) is 0 Å². The SMILES string of the molecule is CCNC(CS(=O)(=O)CC(=O)OC(C)(C)C)C1CC1. The van der Waals surface area contributed by atoms with Gasteiger partial charge in [-0.1, -0.05) is 6.92 Å². The highest BCUT2D eigenvalue weighted by Crippen LogP contribution is 2.33. The number of carbonyl (C=O) groups is 1. The van der Waals surface area contributed by atoms with E-state index in [1.807, 2.05) is 6.92 Å². The molecule has 0 saturated heterocycles. The fourth-order valence-electron chi connectivity index (χ4n) is 2.01. The molecule has 1 saturated carbocycles. The minimum Gasteiger partial charge on any atom is -0.459 e. The van der Waals surface area contributed by atoms with Gasteiger partial charge in [0.05, 0.1) is 5.75 Å². The van der Waals surface area contributed by atoms with Crippen LogP contribution in [0.25, 0.3) is 0 Å². The molecule has 0 aromatic carbocycles. The van der Waals surface area contributed by atoms with Gasteiger partial charge in [-0.3, -0.25) is 4.79 Å². The number of esters is 1. The smallest absolute Gasteiger partial charge is 0.321 e. The van der Waals surface area contributed by atoms with Crippen LogP contribution in [0.3, 0.4) is 0 Å². The van der Waals surface area contributed by atoms with Crippen LogP contribution in [0.15, 0.2) is 0 Å². The van der Waals surface area contributed by atoms with Crippen LogP contribution in [0, 0.1) is 5.92 Å². The van der Waals surface area contributed by atoms with E-state index in [2.05, 4.69) is 5.32 Å². The van der Waals surface area contributed by atoms with Crippen molar-refractivity contribution in [3.8, 4) is 0 Å². The molecule has 0 aromatic heterocycles. The third kappa shape index (κ3) is 6.92. The Kier molecular flexibility index (Phi) is 5.38. The fraction of sp³-hybridized carbons (Fsp3) is 0.923. The maximum Gasteiger partial charge on any atom is 0.321 e. The van der Waals surface area contributed by atoms with Crippen LogP contribution in [0.5, 0.6) is 0 Å². The molecular weight excluding hydrogens is 266 g/mol. The van der Waals surface area contributed by atoms with Gasteiger partial charge in [0.25, 0.3) is 0 Å². The molecule has 6 heteroatoms. The summed E-state index contributed by atoms with van der Waals surface area (Å²) in [6.45, 7) is 7.87. The molecule has 19 heavy (non-hydrogen) atoms. The number of carbonyl (C=O) groups excluding carboxylic acids is 1. The first-order valence-corrected chi connectivity index (χ1v) is 8.61. The first-order valence-electron chi connectivity index (χ1n) is 6.78. The van der Waals surface area contributed by atoms with Crippen molar-refractivity contribution in [3.63, 3.8) is 0 Å². The van der Waals surface area contributed by atoms with E-state index in [0.717, 1.165) is 19.4 Å². The molecule has 1 aliphatic carbocycles. The van der Waals surface area contributed by atoms with Crippen molar-refractivity contribution < 1.29 is 17.9 Å². The fourth-order valence-corrected chi connectivity index (χ4v) is 3.48. The zero-order chi connectivity index (χ0) is 14.7. The van der Waals surface area contributed by atoms with Gasteiger partial charge in [0.2, 0.25) is 0 Å². The Hall–Kier alpha value is -0.620. The van der Waals surface area contributed by atoms with Gasteiger partial charge in [0.15, 0.2) is 9.84 Å². The van der Waals surface area contributed by atoms with E-state index < -0.39 is 27.2 Å². The van der Waals surface area contributed by atoms with Crippen molar-refractivity contribution in [3.05, 3.63) is 0 Å². The van der Waals surface area contributed by atoms with Gasteiger partial charge in [-0.05, 0) is 46.1 Å². The second-order valence-electron chi connectivity index (χ2n) is 6.14. The molecule has 1 rings (SSSR count). The molecule has 5 nitrogen and oxygen atoms in total. The van der Waals surface area contributed by atoms with E-state index in [9.17, 15) is 13.2 Å². The highest BCUT2D eigenvalue weighted by molar-refractivity contribution is 7.92. The van der Waals surface area contributed by atoms with Gasteiger partial charge in [0.1, 0.15) is 11.4 Å². The predicted octanol–water partition coefficient (Wildman–Crippen LogP) is 1.13. The molecule has 1 fully saturated rings. The molecule has 1 atom stereocenters. The number of sulfone groups is 1. The van der Waals surface area contributed by atoms with E-state index in [1.165, 1.54) is 0 Å². The topological polar surface area (TPSA) is 72.5 Å². The molecule has 0 spiro atoms. The van der Waals surface area contributed by atoms with Gasteiger partial charge in [0, 0.05) is 6.04 Å². The lowest BCUT2D eigenvalue weighted by molar-refractivity contribution is -0.151. The summed E-state index contributed by atoms with van der Waals surface area (Å²) in [5.41, 5.74) is -0.649. The van der Waals surface area contributed by atoms with Crippen molar-refractivity contribution >= 4 is 15.8 Å². The quantitative estimate of drug-likeness (QED) is 0.712. The summed E-state index contributed by atoms with van der Waals surface area (Å²) in [5.74, 6) is -0.740. The van der Waals surface area contributed by atoms with Crippen molar-refractivity contribution in [2.75, 3.05) is 18.1 Å². The minimum atomic E-state index is -3.42. The summed E-state index contributed by atoms with van der Waals surface area (Å²) < 4.78 is 29.1. The lowest BCUT2D eigenvalue weighted by atomic mass is 10.2. The van der Waals surface area contributed by atoms with E-state index in [4.69, 9.17) is 4.74 Å². The van der Waals surface area contributed by atoms with E-state index >= 15 is 0 Å². The Bertz CT molecular complexity index is 407. The Morgan fingerprint density at radius 3 is 2.37 bits per heavy atom. The normalized spacial score (nSPS) is 18.1. The molecule has 0 aliphatic heterocycles. The molecule has 112 valence electrons. The molecule has 1 N–H and O–H groups in total. The van der Waals surface area contributed by atoms with Crippen LogP contribution in [-0.4, -0.2) is 44.1 Å². The van der Waals surface area contributed by atoms with Crippen molar-refractivity contribution in [1.82, 2.24) is 5.32 Å². The van der Waals surface area contributed by atoms with Crippen LogP contribution in [0.2, 0.25) is 0 Å². The van der Waals surface area contributed by atoms with E-state index in [-0.39, 0.29) is 11.8 Å². The Balaban J connectivity index is 2.52. The maximum atomic E-state index is 12.0. The number of nitrogens with one attached hydrogen (secondary N) is 1. The van der Waals surface area contributed by atoms with Gasteiger partial charge < -0.3 is 10.1 Å². The number of hydrogen-bond acceptors (Lipinski definition) is 5. The molecular formula is C13H25NO4S. The number of ether oxygens (including phenoxy) is 1. The van der Waals surface area contributed by atoms with Crippen molar-refractivity contribution in [2.24, 2.45) is 5.92 Å². The Morgan fingerprint density at radius 1 is 1.37 bits per heavy atom. The van der Waals surface area contributed by atoms with Crippen molar-refractivity contribution in [2.45, 2.75) is 52.2 Å². The van der Waals surface area contributed by atoms with Crippen LogP contribution in [0.4, 0.5) is 0 Å². The minimum absolute atomic E-state index is 0.0186. The second kappa shape index (κ2) is 6.22. The van der Waals surface area contributed by atoms with Gasteiger partial charge >= 0.3 is 5.97 Å². The zero-order valence-corrected chi connectivity index (χ0v) is 13.0. The summed E-state index contributed by atoms with van der Waals surface area (Å²) in [6.07, 6.45) is 2.14. The molecule has 0 amide bonds. The molecule has 1 aliphatic rings.